The number of aryl methyl sites for hydroxylation is 1. The first kappa shape index (κ1) is 12.4. The summed E-state index contributed by atoms with van der Waals surface area (Å²) in [6, 6.07) is 6.04. The number of rotatable bonds is 3. The van der Waals surface area contributed by atoms with E-state index in [1.807, 2.05) is 6.07 Å². The van der Waals surface area contributed by atoms with Crippen LogP contribution in [0.3, 0.4) is 0 Å². The van der Waals surface area contributed by atoms with Gasteiger partial charge in [-0.1, -0.05) is 17.7 Å². The minimum Gasteiger partial charge on any atom is -0.508 e. The molecule has 94 valence electrons. The number of ether oxygens (including phenoxy) is 1. The van der Waals surface area contributed by atoms with Crippen LogP contribution in [0.4, 0.5) is 0 Å². The third kappa shape index (κ3) is 2.61. The molecule has 1 N–H and O–H groups in total. The van der Waals surface area contributed by atoms with E-state index in [9.17, 15) is 5.11 Å². The van der Waals surface area contributed by atoms with Crippen molar-refractivity contribution in [2.24, 2.45) is 0 Å². The quantitative estimate of drug-likeness (QED) is 0.873. The van der Waals surface area contributed by atoms with Crippen LogP contribution in [0.1, 0.15) is 30.5 Å². The Morgan fingerprint density at radius 1 is 1.47 bits per heavy atom. The van der Waals surface area contributed by atoms with Gasteiger partial charge >= 0.3 is 0 Å². The highest BCUT2D eigenvalue weighted by Gasteiger charge is 2.27. The fourth-order valence-corrected chi connectivity index (χ4v) is 2.50. The zero-order valence-corrected chi connectivity index (χ0v) is 10.8. The minimum atomic E-state index is 0.245. The SMILES string of the molecule is COC1CCN(C(C)c2cc(C)ccc2O)C1. The second-order valence-electron chi connectivity index (χ2n) is 4.88. The average Bonchev–Trinajstić information content (AvgIpc) is 2.80. The van der Waals surface area contributed by atoms with Crippen molar-refractivity contribution < 1.29 is 9.84 Å². The normalized spacial score (nSPS) is 22.9. The van der Waals surface area contributed by atoms with Crippen LogP contribution in [-0.2, 0) is 4.74 Å². The maximum Gasteiger partial charge on any atom is 0.120 e. The number of phenols is 1. The molecule has 1 saturated heterocycles. The minimum absolute atomic E-state index is 0.245. The predicted molar refractivity (Wildman–Crippen MR) is 68.2 cm³/mol. The topological polar surface area (TPSA) is 32.7 Å². The number of hydrogen-bond acceptors (Lipinski definition) is 3. The predicted octanol–water partition coefficient (Wildman–Crippen LogP) is 2.48. The van der Waals surface area contributed by atoms with E-state index in [0.29, 0.717) is 11.9 Å². The lowest BCUT2D eigenvalue weighted by atomic mass is 10.0. The third-order valence-corrected chi connectivity index (χ3v) is 3.69. The van der Waals surface area contributed by atoms with Crippen LogP contribution in [0.25, 0.3) is 0 Å². The summed E-state index contributed by atoms with van der Waals surface area (Å²) in [7, 11) is 1.77. The molecule has 1 heterocycles. The standard InChI is InChI=1S/C14H21NO2/c1-10-4-5-14(16)13(8-10)11(2)15-7-6-12(9-15)17-3/h4-5,8,11-12,16H,6-7,9H2,1-3H3. The summed E-state index contributed by atoms with van der Waals surface area (Å²) in [6.45, 7) is 6.18. The van der Waals surface area contributed by atoms with Gasteiger partial charge in [0.1, 0.15) is 5.75 Å². The Hall–Kier alpha value is -1.06. The molecule has 1 aliphatic rings. The van der Waals surface area contributed by atoms with Gasteiger partial charge in [0, 0.05) is 31.8 Å². The second kappa shape index (κ2) is 5.07. The molecule has 17 heavy (non-hydrogen) atoms. The Kier molecular flexibility index (Phi) is 3.69. The molecule has 0 amide bonds. The lowest BCUT2D eigenvalue weighted by Gasteiger charge is -2.25. The lowest BCUT2D eigenvalue weighted by Crippen LogP contribution is -2.26. The molecule has 0 aliphatic carbocycles. The Morgan fingerprint density at radius 2 is 2.24 bits per heavy atom. The van der Waals surface area contributed by atoms with Gasteiger partial charge in [0.05, 0.1) is 6.10 Å². The van der Waals surface area contributed by atoms with Crippen LogP contribution in [0, 0.1) is 6.92 Å². The maximum absolute atomic E-state index is 9.93. The summed E-state index contributed by atoms with van der Waals surface area (Å²) in [4.78, 5) is 2.36. The first-order valence-electron chi connectivity index (χ1n) is 6.18. The van der Waals surface area contributed by atoms with Gasteiger partial charge in [-0.3, -0.25) is 4.90 Å². The Labute approximate surface area is 103 Å². The monoisotopic (exact) mass is 235 g/mol. The van der Waals surface area contributed by atoms with Gasteiger partial charge in [0.25, 0.3) is 0 Å². The van der Waals surface area contributed by atoms with Crippen molar-refractivity contribution in [2.45, 2.75) is 32.4 Å². The first-order valence-corrected chi connectivity index (χ1v) is 6.18. The molecule has 2 unspecified atom stereocenters. The van der Waals surface area contributed by atoms with Crippen molar-refractivity contribution in [3.05, 3.63) is 29.3 Å². The van der Waals surface area contributed by atoms with Crippen LogP contribution >= 0.6 is 0 Å². The zero-order chi connectivity index (χ0) is 12.4. The number of benzene rings is 1. The highest BCUT2D eigenvalue weighted by molar-refractivity contribution is 5.37. The molecule has 0 bridgehead atoms. The molecule has 1 aromatic carbocycles. The van der Waals surface area contributed by atoms with Gasteiger partial charge in [-0.05, 0) is 26.3 Å². The molecule has 0 saturated carbocycles. The highest BCUT2D eigenvalue weighted by atomic mass is 16.5. The molecule has 1 aromatic rings. The largest absolute Gasteiger partial charge is 0.508 e. The zero-order valence-electron chi connectivity index (χ0n) is 10.8. The number of nitrogens with zero attached hydrogens (tertiary/aromatic N) is 1. The molecular formula is C14H21NO2. The van der Waals surface area contributed by atoms with Gasteiger partial charge in [-0.2, -0.15) is 0 Å². The van der Waals surface area contributed by atoms with E-state index in [1.54, 1.807) is 13.2 Å². The van der Waals surface area contributed by atoms with Gasteiger partial charge in [0.2, 0.25) is 0 Å². The summed E-state index contributed by atoms with van der Waals surface area (Å²) < 4.78 is 5.38. The Balaban J connectivity index is 2.14. The first-order chi connectivity index (χ1) is 8.11. The average molecular weight is 235 g/mol. The summed E-state index contributed by atoms with van der Waals surface area (Å²) in [5.41, 5.74) is 2.20. The van der Waals surface area contributed by atoms with Crippen LogP contribution in [0.15, 0.2) is 18.2 Å². The molecule has 0 aromatic heterocycles. The highest BCUT2D eigenvalue weighted by Crippen LogP contribution is 2.31. The molecule has 0 radical (unpaired) electrons. The van der Waals surface area contributed by atoms with Crippen molar-refractivity contribution in [3.63, 3.8) is 0 Å². The van der Waals surface area contributed by atoms with Gasteiger partial charge in [-0.25, -0.2) is 0 Å². The van der Waals surface area contributed by atoms with Crippen molar-refractivity contribution in [1.29, 1.82) is 0 Å². The van der Waals surface area contributed by atoms with Crippen LogP contribution < -0.4 is 0 Å². The van der Waals surface area contributed by atoms with Crippen molar-refractivity contribution >= 4 is 0 Å². The van der Waals surface area contributed by atoms with Crippen LogP contribution in [0.2, 0.25) is 0 Å². The third-order valence-electron chi connectivity index (χ3n) is 3.69. The molecule has 1 aliphatic heterocycles. The molecule has 3 nitrogen and oxygen atoms in total. The van der Waals surface area contributed by atoms with E-state index in [2.05, 4.69) is 24.8 Å². The number of likely N-dealkylation sites (tertiary alicyclic amines) is 1. The van der Waals surface area contributed by atoms with E-state index in [1.165, 1.54) is 5.56 Å². The van der Waals surface area contributed by atoms with Crippen molar-refractivity contribution in [1.82, 2.24) is 4.90 Å². The van der Waals surface area contributed by atoms with Gasteiger partial charge in [-0.15, -0.1) is 0 Å². The van der Waals surface area contributed by atoms with Crippen LogP contribution in [0.5, 0.6) is 5.75 Å². The summed E-state index contributed by atoms with van der Waals surface area (Å²) in [5, 5.41) is 9.93. The molecule has 1 fully saturated rings. The Bertz CT molecular complexity index is 392. The lowest BCUT2D eigenvalue weighted by molar-refractivity contribution is 0.102. The van der Waals surface area contributed by atoms with E-state index in [4.69, 9.17) is 4.74 Å². The molecule has 2 rings (SSSR count). The number of methoxy groups -OCH3 is 1. The van der Waals surface area contributed by atoms with Gasteiger partial charge < -0.3 is 9.84 Å². The van der Waals surface area contributed by atoms with E-state index >= 15 is 0 Å². The number of hydrogen-bond donors (Lipinski definition) is 1. The summed E-state index contributed by atoms with van der Waals surface area (Å²) >= 11 is 0. The van der Waals surface area contributed by atoms with Gasteiger partial charge in [0.15, 0.2) is 0 Å². The fourth-order valence-electron chi connectivity index (χ4n) is 2.50. The summed E-state index contributed by atoms with van der Waals surface area (Å²) in [5.74, 6) is 0.393. The number of aromatic hydroxyl groups is 1. The van der Waals surface area contributed by atoms with Crippen molar-refractivity contribution in [2.75, 3.05) is 20.2 Å². The van der Waals surface area contributed by atoms with Crippen LogP contribution in [-0.4, -0.2) is 36.3 Å². The second-order valence-corrected chi connectivity index (χ2v) is 4.88. The van der Waals surface area contributed by atoms with Crippen molar-refractivity contribution in [3.8, 4) is 5.75 Å². The van der Waals surface area contributed by atoms with E-state index in [-0.39, 0.29) is 6.04 Å². The molecule has 2 atom stereocenters. The maximum atomic E-state index is 9.93. The van der Waals surface area contributed by atoms with E-state index < -0.39 is 0 Å². The molecule has 3 heteroatoms. The molecule has 0 spiro atoms. The van der Waals surface area contributed by atoms with E-state index in [0.717, 1.165) is 25.1 Å². The fraction of sp³-hybridized carbons (Fsp3) is 0.571. The number of phenolic OH excluding ortho intramolecular Hbond substituents is 1. The smallest absolute Gasteiger partial charge is 0.120 e. The summed E-state index contributed by atoms with van der Waals surface area (Å²) in [6.07, 6.45) is 1.41. The Morgan fingerprint density at radius 3 is 2.88 bits per heavy atom. The molecular weight excluding hydrogens is 214 g/mol.